The van der Waals surface area contributed by atoms with Crippen LogP contribution in [-0.2, 0) is 0 Å². The van der Waals surface area contributed by atoms with Crippen LogP contribution in [0.1, 0.15) is 52.0 Å². The fourth-order valence-corrected chi connectivity index (χ4v) is 2.30. The zero-order valence-corrected chi connectivity index (χ0v) is 20.9. The van der Waals surface area contributed by atoms with Gasteiger partial charge in [-0.1, -0.05) is 0 Å². The second-order valence-electron chi connectivity index (χ2n) is 7.11. The highest BCUT2D eigenvalue weighted by Crippen LogP contribution is 1.91. The average molecular weight is 449 g/mol. The van der Waals surface area contributed by atoms with Gasteiger partial charge in [0, 0.05) is 24.3 Å². The quantitative estimate of drug-likeness (QED) is 0.394. The lowest BCUT2D eigenvalue weighted by Gasteiger charge is -1.94. The van der Waals surface area contributed by atoms with E-state index in [1.54, 1.807) is 6.20 Å². The predicted octanol–water partition coefficient (Wildman–Crippen LogP) is 3.47. The van der Waals surface area contributed by atoms with Crippen molar-refractivity contribution in [2.75, 3.05) is 0 Å². The van der Waals surface area contributed by atoms with Crippen molar-refractivity contribution in [2.45, 2.75) is 62.3 Å². The molecular weight excluding hydrogens is 416 g/mol. The van der Waals surface area contributed by atoms with Gasteiger partial charge in [0.25, 0.3) is 0 Å². The van der Waals surface area contributed by atoms with Crippen molar-refractivity contribution >= 4 is 0 Å². The van der Waals surface area contributed by atoms with Gasteiger partial charge in [-0.3, -0.25) is 0 Å². The van der Waals surface area contributed by atoms with Crippen LogP contribution in [0.3, 0.4) is 0 Å². The van der Waals surface area contributed by atoms with E-state index in [9.17, 15) is 0 Å². The van der Waals surface area contributed by atoms with Gasteiger partial charge in [-0.05, 0) is 73.9 Å². The maximum absolute atomic E-state index is 4.06. The highest BCUT2D eigenvalue weighted by molar-refractivity contribution is 5.00. The van der Waals surface area contributed by atoms with E-state index in [0.717, 1.165) is 52.0 Å². The first-order chi connectivity index (χ1) is 15.5. The van der Waals surface area contributed by atoms with Crippen LogP contribution in [0, 0.1) is 62.3 Å². The molecule has 0 radical (unpaired) electrons. The van der Waals surface area contributed by atoms with E-state index < -0.39 is 0 Å². The fourth-order valence-electron chi connectivity index (χ4n) is 2.30. The largest absolute Gasteiger partial charge is 0.242 e. The summed E-state index contributed by atoms with van der Waals surface area (Å²) >= 11 is 0. The molecule has 0 saturated carbocycles. The van der Waals surface area contributed by atoms with E-state index >= 15 is 0 Å². The first-order valence-corrected chi connectivity index (χ1v) is 10.3. The molecule has 0 unspecified atom stereocenters. The molecule has 0 aromatic carbocycles. The zero-order chi connectivity index (χ0) is 24.8. The molecule has 0 aliphatic heterocycles. The molecule has 0 saturated heterocycles. The molecule has 4 aromatic rings. The molecule has 10 nitrogen and oxygen atoms in total. The van der Waals surface area contributed by atoms with Gasteiger partial charge in [0.2, 0.25) is 0 Å². The SMILES string of the molecule is Cc1ccnc(C)n1.Cc1cnc(C)nc1.Cc1nc(C)nc(C)n1.Cc1ncnc(C)n1. The summed E-state index contributed by atoms with van der Waals surface area (Å²) in [5, 5.41) is 0. The first kappa shape index (κ1) is 27.2. The summed E-state index contributed by atoms with van der Waals surface area (Å²) in [6, 6.07) is 1.88. The number of aromatic nitrogens is 10. The molecule has 33 heavy (non-hydrogen) atoms. The lowest BCUT2D eigenvalue weighted by atomic mass is 10.4. The highest BCUT2D eigenvalue weighted by Gasteiger charge is 1.91. The summed E-state index contributed by atoms with van der Waals surface area (Å²) in [6.45, 7) is 17.0. The van der Waals surface area contributed by atoms with Gasteiger partial charge in [0.05, 0.1) is 0 Å². The van der Waals surface area contributed by atoms with Crippen molar-refractivity contribution in [3.05, 3.63) is 83.0 Å². The van der Waals surface area contributed by atoms with Crippen LogP contribution in [0.5, 0.6) is 0 Å². The maximum Gasteiger partial charge on any atom is 0.129 e. The first-order valence-electron chi connectivity index (χ1n) is 10.3. The Morgan fingerprint density at radius 2 is 0.848 bits per heavy atom. The molecule has 0 aliphatic rings. The third-order valence-corrected chi connectivity index (χ3v) is 3.61. The van der Waals surface area contributed by atoms with Crippen molar-refractivity contribution < 1.29 is 0 Å². The molecule has 10 heteroatoms. The number of hydrogen-bond donors (Lipinski definition) is 0. The molecule has 4 rings (SSSR count). The number of hydrogen-bond acceptors (Lipinski definition) is 10. The van der Waals surface area contributed by atoms with Gasteiger partial charge in [-0.15, -0.1) is 0 Å². The lowest BCUT2D eigenvalue weighted by Crippen LogP contribution is -1.97. The van der Waals surface area contributed by atoms with Gasteiger partial charge in [-0.2, -0.15) is 0 Å². The fraction of sp³-hybridized carbons (Fsp3) is 0.391. The number of rotatable bonds is 0. The summed E-state index contributed by atoms with van der Waals surface area (Å²) in [6.07, 6.45) is 6.89. The molecule has 0 spiro atoms. The number of nitrogens with zero attached hydrogens (tertiary/aromatic N) is 10. The van der Waals surface area contributed by atoms with Gasteiger partial charge in [0.1, 0.15) is 47.1 Å². The Morgan fingerprint density at radius 1 is 0.424 bits per heavy atom. The van der Waals surface area contributed by atoms with E-state index in [1.165, 1.54) is 6.33 Å². The van der Waals surface area contributed by atoms with Crippen molar-refractivity contribution in [1.82, 2.24) is 49.8 Å². The molecule has 0 atom stereocenters. The molecule has 0 N–H and O–H groups in total. The second-order valence-corrected chi connectivity index (χ2v) is 7.11. The van der Waals surface area contributed by atoms with E-state index in [1.807, 2.05) is 80.8 Å². The Morgan fingerprint density at radius 3 is 1.15 bits per heavy atom. The predicted molar refractivity (Wildman–Crippen MR) is 126 cm³/mol. The minimum Gasteiger partial charge on any atom is -0.242 e. The Kier molecular flexibility index (Phi) is 11.8. The average Bonchev–Trinajstić information content (AvgIpc) is 2.70. The number of aryl methyl sites for hydroxylation is 9. The third kappa shape index (κ3) is 13.2. The highest BCUT2D eigenvalue weighted by atomic mass is 15.0. The molecule has 0 fully saturated rings. The Labute approximate surface area is 195 Å². The van der Waals surface area contributed by atoms with Crippen molar-refractivity contribution in [3.8, 4) is 0 Å². The summed E-state index contributed by atoms with van der Waals surface area (Å²) in [5.74, 6) is 5.59. The Bertz CT molecular complexity index is 965. The van der Waals surface area contributed by atoms with Crippen molar-refractivity contribution in [3.63, 3.8) is 0 Å². The molecule has 4 heterocycles. The topological polar surface area (TPSA) is 129 Å². The van der Waals surface area contributed by atoms with E-state index in [-0.39, 0.29) is 0 Å². The maximum atomic E-state index is 4.06. The molecular formula is C23H32N10. The third-order valence-electron chi connectivity index (χ3n) is 3.61. The zero-order valence-electron chi connectivity index (χ0n) is 20.9. The Hall–Kier alpha value is -3.82. The van der Waals surface area contributed by atoms with Gasteiger partial charge in [-0.25, -0.2) is 49.8 Å². The Balaban J connectivity index is 0.000000220. The van der Waals surface area contributed by atoms with E-state index in [4.69, 9.17) is 0 Å². The minimum absolute atomic E-state index is 0.775. The van der Waals surface area contributed by atoms with Crippen molar-refractivity contribution in [1.29, 1.82) is 0 Å². The molecule has 0 amide bonds. The molecule has 0 bridgehead atoms. The minimum atomic E-state index is 0.775. The van der Waals surface area contributed by atoms with Crippen LogP contribution in [0.4, 0.5) is 0 Å². The van der Waals surface area contributed by atoms with Gasteiger partial charge in [0.15, 0.2) is 0 Å². The van der Waals surface area contributed by atoms with Crippen LogP contribution in [0.25, 0.3) is 0 Å². The summed E-state index contributed by atoms with van der Waals surface area (Å²) < 4.78 is 0. The van der Waals surface area contributed by atoms with Crippen LogP contribution in [0.15, 0.2) is 31.0 Å². The summed E-state index contributed by atoms with van der Waals surface area (Å²) in [5.41, 5.74) is 2.13. The molecule has 4 aromatic heterocycles. The monoisotopic (exact) mass is 448 g/mol. The van der Waals surface area contributed by atoms with Crippen molar-refractivity contribution in [2.24, 2.45) is 0 Å². The standard InChI is InChI=1S/C6H9N3.2C6H8N2.C5H7N3/c1-4-7-5(2)9-6(3)8-4;1-5-3-7-6(2)8-4-5;1-5-3-4-7-6(2)8-5;1-4-6-3-7-5(2)8-4/h1-3H3;2*3-4H,1-2H3;3H,1-2H3. The van der Waals surface area contributed by atoms with Crippen LogP contribution >= 0.6 is 0 Å². The molecule has 0 aliphatic carbocycles. The van der Waals surface area contributed by atoms with Gasteiger partial charge < -0.3 is 0 Å². The van der Waals surface area contributed by atoms with E-state index in [2.05, 4.69) is 49.8 Å². The smallest absolute Gasteiger partial charge is 0.129 e. The van der Waals surface area contributed by atoms with Crippen LogP contribution < -0.4 is 0 Å². The molecule has 174 valence electrons. The summed E-state index contributed by atoms with van der Waals surface area (Å²) in [7, 11) is 0. The lowest BCUT2D eigenvalue weighted by molar-refractivity contribution is 0.875. The van der Waals surface area contributed by atoms with Crippen LogP contribution in [-0.4, -0.2) is 49.8 Å². The summed E-state index contributed by atoms with van der Waals surface area (Å²) in [4.78, 5) is 39.6. The van der Waals surface area contributed by atoms with Gasteiger partial charge >= 0.3 is 0 Å². The normalized spacial score (nSPS) is 9.36. The second kappa shape index (κ2) is 14.3. The van der Waals surface area contributed by atoms with E-state index in [0.29, 0.717) is 0 Å². The van der Waals surface area contributed by atoms with Crippen LogP contribution in [0.2, 0.25) is 0 Å².